The molecule has 0 amide bonds. The largest absolute Gasteiger partial charge is 0.392 e. The number of nitrogens with zero attached hydrogens (tertiary/aromatic N) is 2. The van der Waals surface area contributed by atoms with Crippen LogP contribution < -0.4 is 5.90 Å². The Morgan fingerprint density at radius 1 is 1.47 bits per heavy atom. The lowest BCUT2D eigenvalue weighted by atomic mass is 10.1. The molecule has 1 aliphatic heterocycles. The maximum Gasteiger partial charge on any atom is 0.155 e. The summed E-state index contributed by atoms with van der Waals surface area (Å²) in [5, 5.41) is 11.1. The third-order valence-corrected chi connectivity index (χ3v) is 2.56. The van der Waals surface area contributed by atoms with E-state index in [0.717, 1.165) is 0 Å². The van der Waals surface area contributed by atoms with E-state index in [1.54, 1.807) is 14.0 Å². The third-order valence-electron chi connectivity index (χ3n) is 2.56. The number of methoxy groups -OCH3 is 1. The standard InChI is InChI=1S/C8H19N3O4/c1-5(12)6(10(2)3)7-8(13-4)11(7)15-14-9/h5-8,12H,9H2,1-4H3. The van der Waals surface area contributed by atoms with E-state index < -0.39 is 6.10 Å². The number of aliphatic hydroxyl groups is 1. The molecule has 5 atom stereocenters. The van der Waals surface area contributed by atoms with Crippen molar-refractivity contribution in [3.63, 3.8) is 0 Å². The minimum Gasteiger partial charge on any atom is -0.392 e. The van der Waals surface area contributed by atoms with E-state index >= 15 is 0 Å². The van der Waals surface area contributed by atoms with Crippen LogP contribution >= 0.6 is 0 Å². The molecule has 15 heavy (non-hydrogen) atoms. The molecule has 0 aliphatic carbocycles. The summed E-state index contributed by atoms with van der Waals surface area (Å²) in [6.07, 6.45) is -0.746. The molecule has 0 aromatic carbocycles. The second-order valence-corrected chi connectivity index (χ2v) is 3.84. The Morgan fingerprint density at radius 2 is 2.07 bits per heavy atom. The number of hydrogen-bond acceptors (Lipinski definition) is 7. The predicted molar refractivity (Wildman–Crippen MR) is 51.9 cm³/mol. The van der Waals surface area contributed by atoms with Gasteiger partial charge in [0.15, 0.2) is 6.23 Å². The van der Waals surface area contributed by atoms with Crippen molar-refractivity contribution < 1.29 is 19.8 Å². The number of ether oxygens (including phenoxy) is 1. The average molecular weight is 221 g/mol. The lowest BCUT2D eigenvalue weighted by molar-refractivity contribution is -0.408. The number of hydroxylamine groups is 2. The fraction of sp³-hybridized carbons (Fsp3) is 1.00. The van der Waals surface area contributed by atoms with Crippen LogP contribution in [0, 0.1) is 0 Å². The van der Waals surface area contributed by atoms with Crippen molar-refractivity contribution in [1.29, 1.82) is 0 Å². The van der Waals surface area contributed by atoms with Crippen molar-refractivity contribution in [1.82, 2.24) is 9.96 Å². The van der Waals surface area contributed by atoms with Gasteiger partial charge in [-0.1, -0.05) is 0 Å². The first-order chi connectivity index (χ1) is 7.04. The Balaban J connectivity index is 2.61. The Labute approximate surface area is 89.1 Å². The molecule has 1 saturated heterocycles. The van der Waals surface area contributed by atoms with Crippen LogP contribution in [0.25, 0.3) is 0 Å². The monoisotopic (exact) mass is 221 g/mol. The summed E-state index contributed by atoms with van der Waals surface area (Å²) in [5.74, 6) is 4.81. The topological polar surface area (TPSA) is 80.2 Å². The minimum absolute atomic E-state index is 0.0893. The normalized spacial score (nSPS) is 34.2. The van der Waals surface area contributed by atoms with E-state index in [1.807, 2.05) is 19.0 Å². The molecule has 0 radical (unpaired) electrons. The van der Waals surface area contributed by atoms with Crippen LogP contribution in [0.1, 0.15) is 6.92 Å². The summed E-state index contributed by atoms with van der Waals surface area (Å²) in [5.41, 5.74) is 0. The first kappa shape index (κ1) is 12.8. The second kappa shape index (κ2) is 5.17. The second-order valence-electron chi connectivity index (χ2n) is 3.84. The summed E-state index contributed by atoms with van der Waals surface area (Å²) < 4.78 is 5.15. The Kier molecular flexibility index (Phi) is 4.41. The Morgan fingerprint density at radius 3 is 2.40 bits per heavy atom. The van der Waals surface area contributed by atoms with Gasteiger partial charge in [-0.3, -0.25) is 0 Å². The fourth-order valence-corrected chi connectivity index (χ4v) is 1.93. The molecule has 1 fully saturated rings. The van der Waals surface area contributed by atoms with Gasteiger partial charge in [-0.15, -0.1) is 15.0 Å². The lowest BCUT2D eigenvalue weighted by Crippen LogP contribution is -2.43. The van der Waals surface area contributed by atoms with Gasteiger partial charge in [0.2, 0.25) is 0 Å². The molecule has 1 rings (SSSR count). The molecule has 0 aromatic rings. The van der Waals surface area contributed by atoms with Crippen molar-refractivity contribution in [3.8, 4) is 0 Å². The Hall–Kier alpha value is -0.280. The highest BCUT2D eigenvalue weighted by Crippen LogP contribution is 2.34. The molecular weight excluding hydrogens is 202 g/mol. The van der Waals surface area contributed by atoms with Gasteiger partial charge in [-0.05, 0) is 21.0 Å². The molecule has 0 bridgehead atoms. The van der Waals surface area contributed by atoms with Crippen LogP contribution in [0.2, 0.25) is 0 Å². The van der Waals surface area contributed by atoms with Gasteiger partial charge in [-0.25, -0.2) is 0 Å². The first-order valence-corrected chi connectivity index (χ1v) is 4.73. The summed E-state index contributed by atoms with van der Waals surface area (Å²) >= 11 is 0. The molecule has 7 nitrogen and oxygen atoms in total. The van der Waals surface area contributed by atoms with Gasteiger partial charge in [-0.2, -0.15) is 5.90 Å². The maximum atomic E-state index is 9.64. The van der Waals surface area contributed by atoms with Gasteiger partial charge in [0.1, 0.15) is 6.04 Å². The van der Waals surface area contributed by atoms with Gasteiger partial charge in [0.05, 0.1) is 12.1 Å². The van der Waals surface area contributed by atoms with E-state index in [9.17, 15) is 5.11 Å². The van der Waals surface area contributed by atoms with Crippen LogP contribution in [0.5, 0.6) is 0 Å². The predicted octanol–water partition coefficient (Wildman–Crippen LogP) is -1.31. The van der Waals surface area contributed by atoms with Crippen LogP contribution in [0.4, 0.5) is 0 Å². The average Bonchev–Trinajstić information content (AvgIpc) is 2.78. The molecule has 90 valence electrons. The highest BCUT2D eigenvalue weighted by atomic mass is 17.3. The first-order valence-electron chi connectivity index (χ1n) is 4.73. The highest BCUT2D eigenvalue weighted by molar-refractivity contribution is 5.01. The molecule has 1 heterocycles. The number of hydrogen-bond donors (Lipinski definition) is 2. The van der Waals surface area contributed by atoms with E-state index in [-0.39, 0.29) is 18.3 Å². The summed E-state index contributed by atoms with van der Waals surface area (Å²) in [6.45, 7) is 1.72. The summed E-state index contributed by atoms with van der Waals surface area (Å²) in [4.78, 5) is 10.7. The molecule has 0 saturated carbocycles. The molecule has 0 aromatic heterocycles. The van der Waals surface area contributed by atoms with E-state index in [2.05, 4.69) is 4.99 Å². The molecule has 3 N–H and O–H groups in total. The molecule has 7 heteroatoms. The SMILES string of the molecule is COC1C(C(C(C)O)N(C)C)N1OON. The zero-order valence-electron chi connectivity index (χ0n) is 9.45. The summed E-state index contributed by atoms with van der Waals surface area (Å²) in [7, 11) is 5.32. The quantitative estimate of drug-likeness (QED) is 0.327. The molecule has 0 spiro atoms. The maximum absolute atomic E-state index is 9.64. The van der Waals surface area contributed by atoms with Crippen LogP contribution in [0.3, 0.4) is 0 Å². The number of rotatable bonds is 6. The zero-order chi connectivity index (χ0) is 11.6. The van der Waals surface area contributed by atoms with Gasteiger partial charge in [0.25, 0.3) is 0 Å². The Bertz CT molecular complexity index is 194. The van der Waals surface area contributed by atoms with Crippen LogP contribution in [0.15, 0.2) is 0 Å². The van der Waals surface area contributed by atoms with Gasteiger partial charge < -0.3 is 14.7 Å². The zero-order valence-corrected chi connectivity index (χ0v) is 9.45. The number of nitrogens with two attached hydrogens (primary N) is 1. The molecular formula is C8H19N3O4. The third kappa shape index (κ3) is 2.64. The molecule has 5 unspecified atom stereocenters. The van der Waals surface area contributed by atoms with Crippen LogP contribution in [-0.2, 0) is 14.7 Å². The highest BCUT2D eigenvalue weighted by Gasteiger charge is 2.57. The van der Waals surface area contributed by atoms with E-state index in [1.165, 1.54) is 5.06 Å². The number of aliphatic hydroxyl groups excluding tert-OH is 1. The summed E-state index contributed by atoms with van der Waals surface area (Å²) in [6, 6.07) is -0.196. The number of likely N-dealkylation sites (N-methyl/N-ethyl adjacent to an activating group) is 1. The minimum atomic E-state index is -0.506. The van der Waals surface area contributed by atoms with Crippen molar-refractivity contribution in [2.75, 3.05) is 21.2 Å². The van der Waals surface area contributed by atoms with E-state index in [0.29, 0.717) is 0 Å². The smallest absolute Gasteiger partial charge is 0.155 e. The van der Waals surface area contributed by atoms with E-state index in [4.69, 9.17) is 15.6 Å². The van der Waals surface area contributed by atoms with Crippen molar-refractivity contribution in [2.45, 2.75) is 31.3 Å². The van der Waals surface area contributed by atoms with Crippen molar-refractivity contribution >= 4 is 0 Å². The fourth-order valence-electron chi connectivity index (χ4n) is 1.93. The lowest BCUT2D eigenvalue weighted by Gasteiger charge is -2.26. The molecule has 1 aliphatic rings. The van der Waals surface area contributed by atoms with Crippen LogP contribution in [-0.4, -0.2) is 60.7 Å². The van der Waals surface area contributed by atoms with Gasteiger partial charge in [0, 0.05) is 7.11 Å². The van der Waals surface area contributed by atoms with Crippen molar-refractivity contribution in [3.05, 3.63) is 0 Å². The van der Waals surface area contributed by atoms with Crippen molar-refractivity contribution in [2.24, 2.45) is 5.90 Å². The van der Waals surface area contributed by atoms with Gasteiger partial charge >= 0.3 is 0 Å².